The van der Waals surface area contributed by atoms with Crippen LogP contribution in [0.2, 0.25) is 0 Å². The Morgan fingerprint density at radius 2 is 1.64 bits per heavy atom. The molecule has 1 rings (SSSR count). The van der Waals surface area contributed by atoms with Gasteiger partial charge in [0.05, 0.1) is 0 Å². The van der Waals surface area contributed by atoms with Crippen molar-refractivity contribution < 1.29 is 0 Å². The molecule has 0 radical (unpaired) electrons. The van der Waals surface area contributed by atoms with E-state index < -0.39 is 0 Å². The quantitative estimate of drug-likeness (QED) is 0.811. The molecule has 1 aromatic rings. The SMILES string of the molecule is CC(C)N[C@H](C)Cc1ccccc1.Cl. The van der Waals surface area contributed by atoms with Crippen molar-refractivity contribution >= 4 is 12.4 Å². The lowest BCUT2D eigenvalue weighted by atomic mass is 10.1. The molecule has 0 aliphatic heterocycles. The van der Waals surface area contributed by atoms with Crippen LogP contribution in [0.3, 0.4) is 0 Å². The highest BCUT2D eigenvalue weighted by Crippen LogP contribution is 2.02. The third-order valence-corrected chi connectivity index (χ3v) is 2.00. The zero-order valence-corrected chi connectivity index (χ0v) is 9.97. The summed E-state index contributed by atoms with van der Waals surface area (Å²) in [6, 6.07) is 11.7. The summed E-state index contributed by atoms with van der Waals surface area (Å²) in [6.07, 6.45) is 1.11. The molecule has 0 amide bonds. The predicted molar refractivity (Wildman–Crippen MR) is 65.1 cm³/mol. The van der Waals surface area contributed by atoms with Crippen LogP contribution in [0.15, 0.2) is 30.3 Å². The molecule has 0 heterocycles. The summed E-state index contributed by atoms with van der Waals surface area (Å²) in [5.74, 6) is 0. The minimum Gasteiger partial charge on any atom is -0.312 e. The van der Waals surface area contributed by atoms with Gasteiger partial charge in [0.15, 0.2) is 0 Å². The first kappa shape index (κ1) is 13.5. The van der Waals surface area contributed by atoms with Crippen LogP contribution in [-0.2, 0) is 6.42 Å². The van der Waals surface area contributed by atoms with E-state index in [0.29, 0.717) is 12.1 Å². The van der Waals surface area contributed by atoms with Gasteiger partial charge < -0.3 is 5.32 Å². The molecule has 1 aromatic carbocycles. The molecule has 0 unspecified atom stereocenters. The third-order valence-electron chi connectivity index (χ3n) is 2.00. The average Bonchev–Trinajstić information content (AvgIpc) is 2.04. The first-order valence-corrected chi connectivity index (χ1v) is 4.98. The molecule has 1 N–H and O–H groups in total. The molecular weight excluding hydrogens is 194 g/mol. The van der Waals surface area contributed by atoms with E-state index in [1.165, 1.54) is 5.56 Å². The standard InChI is InChI=1S/C12H19N.ClH/c1-10(2)13-11(3)9-12-7-5-4-6-8-12;/h4-8,10-11,13H,9H2,1-3H3;1H/t11-;/m1./s1. The molecule has 0 aromatic heterocycles. The summed E-state index contributed by atoms with van der Waals surface area (Å²) in [4.78, 5) is 0. The molecule has 0 saturated heterocycles. The van der Waals surface area contributed by atoms with Crippen LogP contribution in [0.25, 0.3) is 0 Å². The monoisotopic (exact) mass is 213 g/mol. The van der Waals surface area contributed by atoms with Crippen LogP contribution in [0, 0.1) is 0 Å². The lowest BCUT2D eigenvalue weighted by Crippen LogP contribution is -2.33. The van der Waals surface area contributed by atoms with Gasteiger partial charge >= 0.3 is 0 Å². The Balaban J connectivity index is 0.00000169. The van der Waals surface area contributed by atoms with Crippen molar-refractivity contribution in [2.45, 2.75) is 39.3 Å². The van der Waals surface area contributed by atoms with Gasteiger partial charge in [-0.05, 0) is 18.9 Å². The number of hydrogen-bond acceptors (Lipinski definition) is 1. The highest BCUT2D eigenvalue weighted by Gasteiger charge is 2.03. The number of hydrogen-bond donors (Lipinski definition) is 1. The molecule has 0 spiro atoms. The van der Waals surface area contributed by atoms with Gasteiger partial charge in [0.25, 0.3) is 0 Å². The van der Waals surface area contributed by atoms with Crippen molar-refractivity contribution in [2.75, 3.05) is 0 Å². The van der Waals surface area contributed by atoms with E-state index >= 15 is 0 Å². The number of rotatable bonds is 4. The maximum Gasteiger partial charge on any atom is 0.00815 e. The van der Waals surface area contributed by atoms with Gasteiger partial charge in [-0.2, -0.15) is 0 Å². The van der Waals surface area contributed by atoms with Crippen molar-refractivity contribution in [3.05, 3.63) is 35.9 Å². The van der Waals surface area contributed by atoms with Crippen molar-refractivity contribution in [3.63, 3.8) is 0 Å². The van der Waals surface area contributed by atoms with Gasteiger partial charge in [-0.3, -0.25) is 0 Å². The minimum atomic E-state index is 0. The lowest BCUT2D eigenvalue weighted by Gasteiger charge is -2.16. The van der Waals surface area contributed by atoms with Crippen molar-refractivity contribution in [1.82, 2.24) is 5.32 Å². The largest absolute Gasteiger partial charge is 0.312 e. The van der Waals surface area contributed by atoms with Gasteiger partial charge in [0, 0.05) is 12.1 Å². The van der Waals surface area contributed by atoms with Crippen LogP contribution < -0.4 is 5.32 Å². The van der Waals surface area contributed by atoms with Crippen LogP contribution in [0.5, 0.6) is 0 Å². The topological polar surface area (TPSA) is 12.0 Å². The third kappa shape index (κ3) is 5.25. The first-order chi connectivity index (χ1) is 6.18. The smallest absolute Gasteiger partial charge is 0.00815 e. The molecule has 0 bridgehead atoms. The fourth-order valence-electron chi connectivity index (χ4n) is 1.60. The predicted octanol–water partition coefficient (Wildman–Crippen LogP) is 3.04. The van der Waals surface area contributed by atoms with E-state index in [-0.39, 0.29) is 12.4 Å². The molecule has 0 saturated carbocycles. The van der Waals surface area contributed by atoms with E-state index in [0.717, 1.165) is 6.42 Å². The Hall–Kier alpha value is -0.530. The Labute approximate surface area is 93.3 Å². The van der Waals surface area contributed by atoms with E-state index in [1.54, 1.807) is 0 Å². The van der Waals surface area contributed by atoms with Crippen LogP contribution >= 0.6 is 12.4 Å². The van der Waals surface area contributed by atoms with Crippen LogP contribution in [0.1, 0.15) is 26.3 Å². The van der Waals surface area contributed by atoms with E-state index in [2.05, 4.69) is 56.4 Å². The summed E-state index contributed by atoms with van der Waals surface area (Å²) < 4.78 is 0. The Morgan fingerprint density at radius 3 is 2.14 bits per heavy atom. The first-order valence-electron chi connectivity index (χ1n) is 4.98. The molecular formula is C12H20ClN. The van der Waals surface area contributed by atoms with Crippen molar-refractivity contribution in [1.29, 1.82) is 0 Å². The second kappa shape index (κ2) is 6.86. The van der Waals surface area contributed by atoms with Gasteiger partial charge in [0.1, 0.15) is 0 Å². The number of benzene rings is 1. The van der Waals surface area contributed by atoms with E-state index in [4.69, 9.17) is 0 Å². The zero-order chi connectivity index (χ0) is 9.68. The molecule has 0 aliphatic carbocycles. The van der Waals surface area contributed by atoms with Crippen molar-refractivity contribution in [3.8, 4) is 0 Å². The molecule has 0 aliphatic rings. The summed E-state index contributed by atoms with van der Waals surface area (Å²) in [5.41, 5.74) is 1.41. The van der Waals surface area contributed by atoms with Crippen LogP contribution in [-0.4, -0.2) is 12.1 Å². The summed E-state index contributed by atoms with van der Waals surface area (Å²) in [7, 11) is 0. The summed E-state index contributed by atoms with van der Waals surface area (Å²) in [6.45, 7) is 6.59. The molecule has 14 heavy (non-hydrogen) atoms. The highest BCUT2D eigenvalue weighted by atomic mass is 35.5. The van der Waals surface area contributed by atoms with E-state index in [9.17, 15) is 0 Å². The minimum absolute atomic E-state index is 0. The van der Waals surface area contributed by atoms with Gasteiger partial charge in [-0.1, -0.05) is 44.2 Å². The molecule has 80 valence electrons. The number of nitrogens with one attached hydrogen (secondary N) is 1. The Morgan fingerprint density at radius 1 is 1.07 bits per heavy atom. The van der Waals surface area contributed by atoms with Crippen molar-refractivity contribution in [2.24, 2.45) is 0 Å². The van der Waals surface area contributed by atoms with E-state index in [1.807, 2.05) is 0 Å². The maximum atomic E-state index is 3.49. The summed E-state index contributed by atoms with van der Waals surface area (Å²) >= 11 is 0. The molecule has 1 nitrogen and oxygen atoms in total. The van der Waals surface area contributed by atoms with Gasteiger partial charge in [0.2, 0.25) is 0 Å². The zero-order valence-electron chi connectivity index (χ0n) is 9.16. The molecule has 2 heteroatoms. The molecule has 1 atom stereocenters. The highest BCUT2D eigenvalue weighted by molar-refractivity contribution is 5.85. The van der Waals surface area contributed by atoms with Gasteiger partial charge in [-0.25, -0.2) is 0 Å². The van der Waals surface area contributed by atoms with Gasteiger partial charge in [-0.15, -0.1) is 12.4 Å². The Kier molecular flexibility index (Phi) is 6.60. The number of halogens is 1. The Bertz CT molecular complexity index is 233. The fraction of sp³-hybridized carbons (Fsp3) is 0.500. The van der Waals surface area contributed by atoms with Crippen LogP contribution in [0.4, 0.5) is 0 Å². The maximum absolute atomic E-state index is 3.49. The average molecular weight is 214 g/mol. The lowest BCUT2D eigenvalue weighted by molar-refractivity contribution is 0.488. The molecule has 0 fully saturated rings. The summed E-state index contributed by atoms with van der Waals surface area (Å²) in [5, 5.41) is 3.49. The second-order valence-corrected chi connectivity index (χ2v) is 3.91. The fourth-order valence-corrected chi connectivity index (χ4v) is 1.60. The normalized spacial score (nSPS) is 12.3. The second-order valence-electron chi connectivity index (χ2n) is 3.91.